The van der Waals surface area contributed by atoms with Crippen molar-refractivity contribution in [3.8, 4) is 11.1 Å². The first-order valence-electron chi connectivity index (χ1n) is 10.3. The second-order valence-electron chi connectivity index (χ2n) is 8.36. The number of fused-ring (bicyclic) bond motifs is 4. The third-order valence-corrected chi connectivity index (χ3v) is 6.62. The van der Waals surface area contributed by atoms with Gasteiger partial charge in [-0.3, -0.25) is 4.90 Å². The molecule has 3 heterocycles. The van der Waals surface area contributed by atoms with Crippen LogP contribution in [0.1, 0.15) is 36.4 Å². The van der Waals surface area contributed by atoms with Gasteiger partial charge in [-0.05, 0) is 85.1 Å². The predicted octanol–water partition coefficient (Wildman–Crippen LogP) is 4.44. The van der Waals surface area contributed by atoms with Crippen molar-refractivity contribution in [3.05, 3.63) is 59.2 Å². The molecule has 0 aromatic heterocycles. The van der Waals surface area contributed by atoms with Gasteiger partial charge in [0, 0.05) is 6.54 Å². The van der Waals surface area contributed by atoms with Gasteiger partial charge >= 0.3 is 6.09 Å². The van der Waals surface area contributed by atoms with E-state index in [-0.39, 0.29) is 18.2 Å². The average molecular weight is 398 g/mol. The van der Waals surface area contributed by atoms with E-state index in [1.165, 1.54) is 11.6 Å². The summed E-state index contributed by atoms with van der Waals surface area (Å²) in [4.78, 5) is 14.9. The van der Waals surface area contributed by atoms with Crippen molar-refractivity contribution in [1.82, 2.24) is 10.2 Å². The number of halogens is 2. The minimum absolute atomic E-state index is 0.0214. The lowest BCUT2D eigenvalue weighted by molar-refractivity contribution is -0.0339. The molecule has 1 N–H and O–H groups in total. The zero-order chi connectivity index (χ0) is 20.0. The Hall–Kier alpha value is -2.47. The smallest absolute Gasteiger partial charge is 0.407 e. The highest BCUT2D eigenvalue weighted by Crippen LogP contribution is 2.35. The molecular formula is C23H24F2N2O2. The summed E-state index contributed by atoms with van der Waals surface area (Å²) in [5.41, 5.74) is 3.62. The number of hydrogen-bond donors (Lipinski definition) is 1. The third kappa shape index (κ3) is 3.62. The fourth-order valence-electron chi connectivity index (χ4n) is 4.97. The highest BCUT2D eigenvalue weighted by atomic mass is 19.2. The first-order chi connectivity index (χ1) is 14.1. The quantitative estimate of drug-likeness (QED) is 0.831. The van der Waals surface area contributed by atoms with Crippen LogP contribution in [0.25, 0.3) is 11.1 Å². The van der Waals surface area contributed by atoms with Gasteiger partial charge in [0.2, 0.25) is 0 Å². The third-order valence-electron chi connectivity index (χ3n) is 6.62. The molecule has 2 aromatic carbocycles. The van der Waals surface area contributed by atoms with Gasteiger partial charge in [0.15, 0.2) is 11.6 Å². The molecule has 6 rings (SSSR count). The molecule has 6 heteroatoms. The molecule has 0 radical (unpaired) electrons. The van der Waals surface area contributed by atoms with Crippen molar-refractivity contribution >= 4 is 6.09 Å². The molecular weight excluding hydrogens is 374 g/mol. The molecule has 152 valence electrons. The number of carbonyl (C=O) groups is 1. The molecule has 3 saturated heterocycles. The van der Waals surface area contributed by atoms with Gasteiger partial charge in [-0.1, -0.05) is 18.2 Å². The van der Waals surface area contributed by atoms with Crippen LogP contribution in [0.2, 0.25) is 0 Å². The Kier molecular flexibility index (Phi) is 4.74. The molecule has 29 heavy (non-hydrogen) atoms. The zero-order valence-corrected chi connectivity index (χ0v) is 16.2. The Morgan fingerprint density at radius 2 is 1.76 bits per heavy atom. The number of alkyl carbamates (subject to hydrolysis) is 1. The minimum Gasteiger partial charge on any atom is -0.445 e. The molecule has 0 spiro atoms. The van der Waals surface area contributed by atoms with Crippen LogP contribution in [0.15, 0.2) is 36.4 Å². The summed E-state index contributed by atoms with van der Waals surface area (Å²) in [6, 6.07) is 9.68. The number of nitrogens with zero attached hydrogens (tertiary/aromatic N) is 1. The summed E-state index contributed by atoms with van der Waals surface area (Å²) in [5.74, 6) is -1.25. The van der Waals surface area contributed by atoms with Crippen molar-refractivity contribution in [1.29, 1.82) is 0 Å². The highest BCUT2D eigenvalue weighted by molar-refractivity contribution is 5.70. The van der Waals surface area contributed by atoms with E-state index < -0.39 is 11.6 Å². The zero-order valence-electron chi connectivity index (χ0n) is 16.2. The number of amides is 1. The SMILES string of the molecule is O=C(NC1CCc2ccc(-c3ccc(F)c(F)c3)cc21)O[C@H]1CN2CCC1CC2. The van der Waals surface area contributed by atoms with Gasteiger partial charge in [0.05, 0.1) is 6.04 Å². The molecule has 2 atom stereocenters. The lowest BCUT2D eigenvalue weighted by Gasteiger charge is -2.43. The van der Waals surface area contributed by atoms with E-state index in [1.54, 1.807) is 6.07 Å². The summed E-state index contributed by atoms with van der Waals surface area (Å²) >= 11 is 0. The van der Waals surface area contributed by atoms with Crippen molar-refractivity contribution in [2.75, 3.05) is 19.6 Å². The molecule has 2 aromatic rings. The van der Waals surface area contributed by atoms with E-state index in [9.17, 15) is 13.6 Å². The van der Waals surface area contributed by atoms with Crippen LogP contribution in [0.5, 0.6) is 0 Å². The van der Waals surface area contributed by atoms with E-state index in [0.717, 1.165) is 62.5 Å². The molecule has 3 aliphatic heterocycles. The fraction of sp³-hybridized carbons (Fsp3) is 0.435. The Labute approximate surface area is 168 Å². The van der Waals surface area contributed by atoms with Crippen LogP contribution in [0, 0.1) is 17.6 Å². The van der Waals surface area contributed by atoms with Crippen molar-refractivity contribution < 1.29 is 18.3 Å². The summed E-state index contributed by atoms with van der Waals surface area (Å²) < 4.78 is 32.6. The maximum absolute atomic E-state index is 13.6. The lowest BCUT2D eigenvalue weighted by Crippen LogP contribution is -2.52. The van der Waals surface area contributed by atoms with Gasteiger partial charge in [-0.15, -0.1) is 0 Å². The number of rotatable bonds is 3. The Morgan fingerprint density at radius 3 is 2.48 bits per heavy atom. The maximum atomic E-state index is 13.6. The molecule has 3 fully saturated rings. The number of ether oxygens (including phenoxy) is 1. The van der Waals surface area contributed by atoms with E-state index in [1.807, 2.05) is 18.2 Å². The van der Waals surface area contributed by atoms with E-state index in [0.29, 0.717) is 11.5 Å². The second-order valence-corrected chi connectivity index (χ2v) is 8.36. The normalized spacial score (nSPS) is 27.5. The van der Waals surface area contributed by atoms with E-state index in [4.69, 9.17) is 4.74 Å². The van der Waals surface area contributed by atoms with Gasteiger partial charge in [0.1, 0.15) is 6.10 Å². The number of piperidine rings is 3. The summed E-state index contributed by atoms with van der Waals surface area (Å²) in [7, 11) is 0. The van der Waals surface area contributed by atoms with E-state index in [2.05, 4.69) is 10.2 Å². The molecule has 1 amide bonds. The maximum Gasteiger partial charge on any atom is 0.407 e. The number of hydrogen-bond acceptors (Lipinski definition) is 3. The molecule has 1 unspecified atom stereocenters. The molecule has 1 aliphatic carbocycles. The van der Waals surface area contributed by atoms with Gasteiger partial charge in [0.25, 0.3) is 0 Å². The molecule has 0 saturated carbocycles. The monoisotopic (exact) mass is 398 g/mol. The summed E-state index contributed by atoms with van der Waals surface area (Å²) in [6.07, 6.45) is 3.50. The number of carbonyl (C=O) groups excluding carboxylic acids is 1. The lowest BCUT2D eigenvalue weighted by atomic mass is 9.86. The number of nitrogens with one attached hydrogen (secondary N) is 1. The van der Waals surface area contributed by atoms with Gasteiger partial charge in [-0.2, -0.15) is 0 Å². The summed E-state index contributed by atoms with van der Waals surface area (Å²) in [5, 5.41) is 3.03. The van der Waals surface area contributed by atoms with Gasteiger partial charge in [-0.25, -0.2) is 13.6 Å². The topological polar surface area (TPSA) is 41.6 Å². The predicted molar refractivity (Wildman–Crippen MR) is 105 cm³/mol. The average Bonchev–Trinajstić information content (AvgIpc) is 3.13. The Bertz CT molecular complexity index is 940. The van der Waals surface area contributed by atoms with Crippen molar-refractivity contribution in [3.63, 3.8) is 0 Å². The Balaban J connectivity index is 1.30. The van der Waals surface area contributed by atoms with Crippen LogP contribution in [-0.4, -0.2) is 36.7 Å². The molecule has 4 aliphatic rings. The highest BCUT2D eigenvalue weighted by Gasteiger charge is 2.37. The largest absolute Gasteiger partial charge is 0.445 e. The van der Waals surface area contributed by atoms with Crippen molar-refractivity contribution in [2.24, 2.45) is 5.92 Å². The molecule has 4 nitrogen and oxygen atoms in total. The summed E-state index contributed by atoms with van der Waals surface area (Å²) in [6.45, 7) is 3.05. The number of aryl methyl sites for hydroxylation is 1. The fourth-order valence-corrected chi connectivity index (χ4v) is 4.97. The van der Waals surface area contributed by atoms with Crippen LogP contribution in [0.4, 0.5) is 13.6 Å². The first-order valence-corrected chi connectivity index (χ1v) is 10.3. The van der Waals surface area contributed by atoms with Crippen LogP contribution in [0.3, 0.4) is 0 Å². The van der Waals surface area contributed by atoms with Gasteiger partial charge < -0.3 is 10.1 Å². The van der Waals surface area contributed by atoms with Crippen LogP contribution < -0.4 is 5.32 Å². The standard InChI is InChI=1S/C23H24F2N2O2/c24-19-5-3-17(12-20(19)25)16-2-1-14-4-6-21(18(14)11-16)26-23(28)29-22-13-27-9-7-15(22)8-10-27/h1-3,5,11-12,15,21-22H,4,6-10,13H2,(H,26,28)/t21?,22-/m0/s1. The van der Waals surface area contributed by atoms with Crippen molar-refractivity contribution in [2.45, 2.75) is 37.8 Å². The molecule has 2 bridgehead atoms. The second kappa shape index (κ2) is 7.41. The van der Waals surface area contributed by atoms with Crippen LogP contribution >= 0.6 is 0 Å². The van der Waals surface area contributed by atoms with E-state index >= 15 is 0 Å². The first kappa shape index (κ1) is 18.6. The van der Waals surface area contributed by atoms with Crippen LogP contribution in [-0.2, 0) is 11.2 Å². The number of benzene rings is 2. The Morgan fingerprint density at radius 1 is 1.00 bits per heavy atom. The minimum atomic E-state index is -0.862.